The van der Waals surface area contributed by atoms with E-state index < -0.39 is 0 Å². The maximum atomic E-state index is 10.8. The molecule has 0 saturated carbocycles. The normalized spacial score (nSPS) is 13.9. The Morgan fingerprint density at radius 3 is 2.60 bits per heavy atom. The van der Waals surface area contributed by atoms with Crippen molar-refractivity contribution in [1.82, 2.24) is 0 Å². The molecule has 88 valence electrons. The van der Waals surface area contributed by atoms with Gasteiger partial charge in [0, 0.05) is 13.5 Å². The van der Waals surface area contributed by atoms with Gasteiger partial charge in [-0.2, -0.15) is 0 Å². The smallest absolute Gasteiger partial charge is 0.145 e. The van der Waals surface area contributed by atoms with Crippen LogP contribution in [0.2, 0.25) is 0 Å². The molecular weight excluding hydrogens is 188 g/mol. The summed E-state index contributed by atoms with van der Waals surface area (Å²) in [6.45, 7) is 4.18. The number of hydrogen-bond donors (Lipinski definition) is 0. The second-order valence-electron chi connectivity index (χ2n) is 4.00. The van der Waals surface area contributed by atoms with E-state index in [0.29, 0.717) is 0 Å². The number of carbonyl (C=O) groups is 1. The van der Waals surface area contributed by atoms with E-state index in [1.807, 2.05) is 6.92 Å². The lowest BCUT2D eigenvalue weighted by Crippen LogP contribution is -2.06. The number of hydrogen-bond acceptors (Lipinski definition) is 2. The van der Waals surface area contributed by atoms with Crippen molar-refractivity contribution >= 4 is 6.29 Å². The molecule has 0 amide bonds. The second kappa shape index (κ2) is 9.91. The number of methoxy groups -OCH3 is 1. The molecule has 0 aromatic carbocycles. The topological polar surface area (TPSA) is 26.3 Å². The van der Waals surface area contributed by atoms with Gasteiger partial charge in [-0.15, -0.1) is 0 Å². The zero-order valence-corrected chi connectivity index (χ0v) is 10.3. The van der Waals surface area contributed by atoms with Gasteiger partial charge < -0.3 is 4.74 Å². The summed E-state index contributed by atoms with van der Waals surface area (Å²) in [5.74, 6) is 0. The fraction of sp³-hybridized carbons (Fsp3) is 0.769. The van der Waals surface area contributed by atoms with Crippen LogP contribution in [0, 0.1) is 0 Å². The monoisotopic (exact) mass is 212 g/mol. The molecule has 0 saturated heterocycles. The molecule has 0 radical (unpaired) electrons. The van der Waals surface area contributed by atoms with Gasteiger partial charge in [0.25, 0.3) is 0 Å². The molecule has 0 heterocycles. The predicted molar refractivity (Wildman–Crippen MR) is 64.0 cm³/mol. The van der Waals surface area contributed by atoms with Gasteiger partial charge >= 0.3 is 0 Å². The highest BCUT2D eigenvalue weighted by Gasteiger charge is 2.02. The third kappa shape index (κ3) is 8.37. The summed E-state index contributed by atoms with van der Waals surface area (Å²) < 4.78 is 5.13. The molecule has 0 aliphatic heterocycles. The van der Waals surface area contributed by atoms with E-state index in [1.54, 1.807) is 7.11 Å². The highest BCUT2D eigenvalue weighted by atomic mass is 16.5. The summed E-state index contributed by atoms with van der Waals surface area (Å²) in [7, 11) is 1.67. The van der Waals surface area contributed by atoms with Crippen LogP contribution >= 0.6 is 0 Å². The summed E-state index contributed by atoms with van der Waals surface area (Å²) in [5, 5.41) is 0. The lowest BCUT2D eigenvalue weighted by atomic mass is 10.1. The Labute approximate surface area is 93.7 Å². The second-order valence-corrected chi connectivity index (χ2v) is 4.00. The maximum absolute atomic E-state index is 10.8. The SMILES string of the molecule is CCCCCC/C=C(\C=O)CC(C)OC. The van der Waals surface area contributed by atoms with Crippen LogP contribution in [-0.4, -0.2) is 19.5 Å². The van der Waals surface area contributed by atoms with Gasteiger partial charge in [-0.3, -0.25) is 4.79 Å². The largest absolute Gasteiger partial charge is 0.381 e. The number of ether oxygens (including phenoxy) is 1. The van der Waals surface area contributed by atoms with Gasteiger partial charge in [0.15, 0.2) is 0 Å². The Bertz CT molecular complexity index is 185. The third-order valence-electron chi connectivity index (χ3n) is 2.54. The molecule has 0 rings (SSSR count). The van der Waals surface area contributed by atoms with Crippen LogP contribution in [0.25, 0.3) is 0 Å². The first kappa shape index (κ1) is 14.4. The Morgan fingerprint density at radius 2 is 2.07 bits per heavy atom. The summed E-state index contributed by atoms with van der Waals surface area (Å²) in [4.78, 5) is 10.8. The highest BCUT2D eigenvalue weighted by Crippen LogP contribution is 2.09. The molecule has 0 bridgehead atoms. The van der Waals surface area contributed by atoms with Crippen LogP contribution in [0.3, 0.4) is 0 Å². The molecule has 0 N–H and O–H groups in total. The standard InChI is InChI=1S/C13H24O2/c1-4-5-6-7-8-9-13(11-14)10-12(2)15-3/h9,11-12H,4-8,10H2,1-3H3/b13-9-. The molecule has 0 aromatic heterocycles. The minimum Gasteiger partial charge on any atom is -0.381 e. The van der Waals surface area contributed by atoms with Crippen LogP contribution in [0.1, 0.15) is 52.4 Å². The minimum atomic E-state index is 0.136. The van der Waals surface area contributed by atoms with E-state index in [4.69, 9.17) is 4.74 Å². The van der Waals surface area contributed by atoms with Crippen molar-refractivity contribution in [1.29, 1.82) is 0 Å². The summed E-state index contributed by atoms with van der Waals surface area (Å²) in [5.41, 5.74) is 0.876. The fourth-order valence-electron chi connectivity index (χ4n) is 1.45. The van der Waals surface area contributed by atoms with Crippen molar-refractivity contribution in [2.75, 3.05) is 7.11 Å². The number of allylic oxidation sites excluding steroid dienone is 1. The maximum Gasteiger partial charge on any atom is 0.145 e. The first-order valence-corrected chi connectivity index (χ1v) is 5.91. The van der Waals surface area contributed by atoms with E-state index in [9.17, 15) is 4.79 Å². The number of aldehydes is 1. The summed E-state index contributed by atoms with van der Waals surface area (Å²) >= 11 is 0. The van der Waals surface area contributed by atoms with Crippen LogP contribution in [0.5, 0.6) is 0 Å². The summed E-state index contributed by atoms with van der Waals surface area (Å²) in [6.07, 6.45) is 9.89. The molecular formula is C13H24O2. The highest BCUT2D eigenvalue weighted by molar-refractivity contribution is 5.73. The molecule has 0 aliphatic rings. The number of carbonyl (C=O) groups excluding carboxylic acids is 1. The fourth-order valence-corrected chi connectivity index (χ4v) is 1.45. The third-order valence-corrected chi connectivity index (χ3v) is 2.54. The van der Waals surface area contributed by atoms with Gasteiger partial charge in [0.1, 0.15) is 6.29 Å². The van der Waals surface area contributed by atoms with Gasteiger partial charge in [-0.25, -0.2) is 0 Å². The molecule has 0 fully saturated rings. The van der Waals surface area contributed by atoms with Crippen molar-refractivity contribution in [3.8, 4) is 0 Å². The molecule has 0 aromatic rings. The van der Waals surface area contributed by atoms with E-state index in [2.05, 4.69) is 13.0 Å². The van der Waals surface area contributed by atoms with E-state index in [-0.39, 0.29) is 6.10 Å². The molecule has 0 aliphatic carbocycles. The Balaban J connectivity index is 3.74. The van der Waals surface area contributed by atoms with Crippen LogP contribution < -0.4 is 0 Å². The van der Waals surface area contributed by atoms with E-state index in [1.165, 1.54) is 25.7 Å². The zero-order valence-electron chi connectivity index (χ0n) is 10.3. The quantitative estimate of drug-likeness (QED) is 0.332. The van der Waals surface area contributed by atoms with Crippen LogP contribution in [-0.2, 0) is 9.53 Å². The van der Waals surface area contributed by atoms with E-state index >= 15 is 0 Å². The van der Waals surface area contributed by atoms with Crippen molar-refractivity contribution < 1.29 is 9.53 Å². The average Bonchev–Trinajstić information content (AvgIpc) is 2.26. The first-order valence-electron chi connectivity index (χ1n) is 5.91. The molecule has 1 unspecified atom stereocenters. The predicted octanol–water partition coefficient (Wildman–Crippen LogP) is 3.51. The Kier molecular flexibility index (Phi) is 9.49. The Hall–Kier alpha value is -0.630. The number of rotatable bonds is 9. The number of unbranched alkanes of at least 4 members (excludes halogenated alkanes) is 4. The van der Waals surface area contributed by atoms with Crippen molar-refractivity contribution in [2.45, 2.75) is 58.5 Å². The minimum absolute atomic E-state index is 0.136. The van der Waals surface area contributed by atoms with Gasteiger partial charge in [0.05, 0.1) is 6.10 Å². The van der Waals surface area contributed by atoms with Crippen molar-refractivity contribution in [3.05, 3.63) is 11.6 Å². The van der Waals surface area contributed by atoms with Crippen molar-refractivity contribution in [2.24, 2.45) is 0 Å². The molecule has 2 nitrogen and oxygen atoms in total. The van der Waals surface area contributed by atoms with Gasteiger partial charge in [-0.05, 0) is 25.3 Å². The molecule has 2 heteroatoms. The van der Waals surface area contributed by atoms with Crippen LogP contribution in [0.15, 0.2) is 11.6 Å². The first-order chi connectivity index (χ1) is 7.24. The van der Waals surface area contributed by atoms with E-state index in [0.717, 1.165) is 24.7 Å². The van der Waals surface area contributed by atoms with Gasteiger partial charge in [0.2, 0.25) is 0 Å². The molecule has 15 heavy (non-hydrogen) atoms. The average molecular weight is 212 g/mol. The molecule has 0 spiro atoms. The molecule has 1 atom stereocenters. The Morgan fingerprint density at radius 1 is 1.33 bits per heavy atom. The van der Waals surface area contributed by atoms with Crippen LogP contribution in [0.4, 0.5) is 0 Å². The zero-order chi connectivity index (χ0) is 11.5. The lowest BCUT2D eigenvalue weighted by Gasteiger charge is -2.08. The summed E-state index contributed by atoms with van der Waals surface area (Å²) in [6, 6.07) is 0. The van der Waals surface area contributed by atoms with Crippen molar-refractivity contribution in [3.63, 3.8) is 0 Å². The lowest BCUT2D eigenvalue weighted by molar-refractivity contribution is -0.105. The van der Waals surface area contributed by atoms with Gasteiger partial charge in [-0.1, -0.05) is 32.3 Å².